The van der Waals surface area contributed by atoms with Gasteiger partial charge in [-0.3, -0.25) is 4.98 Å². The fraction of sp³-hybridized carbons (Fsp3) is 0.500. The Balaban J connectivity index is 1.80. The molecule has 42 heavy (non-hydrogen) atoms. The minimum absolute atomic E-state index is 0.0174. The Labute approximate surface area is 248 Å². The second kappa shape index (κ2) is 13.0. The number of hydrogen-bond donors (Lipinski definition) is 0. The molecule has 1 aliphatic carbocycles. The molecular formula is C34H43F4NO2Si. The first-order valence-corrected chi connectivity index (χ1v) is 17.8. The summed E-state index contributed by atoms with van der Waals surface area (Å²) in [6.45, 7) is 13.7. The Kier molecular flexibility index (Phi) is 10.0. The molecule has 0 N–H and O–H groups in total. The van der Waals surface area contributed by atoms with E-state index in [1.807, 2.05) is 0 Å². The molecule has 0 amide bonds. The second-order valence-electron chi connectivity index (χ2n) is 12.9. The van der Waals surface area contributed by atoms with Crippen LogP contribution in [0.25, 0.3) is 11.1 Å². The minimum atomic E-state index is -4.42. The lowest BCUT2D eigenvalue weighted by Crippen LogP contribution is -2.40. The molecule has 0 atom stereocenters. The van der Waals surface area contributed by atoms with Crippen molar-refractivity contribution in [3.05, 3.63) is 88.0 Å². The third-order valence-corrected chi connectivity index (χ3v) is 13.4. The van der Waals surface area contributed by atoms with Gasteiger partial charge in [0, 0.05) is 28.4 Å². The topological polar surface area (TPSA) is 31.4 Å². The van der Waals surface area contributed by atoms with Gasteiger partial charge in [-0.05, 0) is 78.4 Å². The highest BCUT2D eigenvalue weighted by Crippen LogP contribution is 2.43. The van der Waals surface area contributed by atoms with Crippen molar-refractivity contribution in [2.75, 3.05) is 0 Å². The number of hydrogen-bond acceptors (Lipinski definition) is 3. The highest BCUT2D eigenvalue weighted by Gasteiger charge is 2.38. The van der Waals surface area contributed by atoms with Crippen LogP contribution in [0.5, 0.6) is 0 Å². The molecular weight excluding hydrogens is 558 g/mol. The molecule has 1 aromatic heterocycles. The zero-order valence-corrected chi connectivity index (χ0v) is 26.6. The Morgan fingerprint density at radius 1 is 0.905 bits per heavy atom. The number of benzene rings is 2. The lowest BCUT2D eigenvalue weighted by molar-refractivity contribution is -0.137. The number of rotatable bonds is 10. The molecule has 8 heteroatoms. The Bertz CT molecular complexity index is 1360. The number of ether oxygens (including phenoxy) is 1. The van der Waals surface area contributed by atoms with Crippen LogP contribution in [0.3, 0.4) is 0 Å². The SMILES string of the molecule is CCc1nc(C2CCCC2)c(COCc2cccc(C(F)(F)F)c2)c(-c2ccc(F)cc2)c1CO[Si](C)(C)C(C)(C)C. The highest BCUT2D eigenvalue weighted by atomic mass is 28.4. The van der Waals surface area contributed by atoms with E-state index in [0.29, 0.717) is 12.2 Å². The molecule has 228 valence electrons. The molecule has 0 spiro atoms. The zero-order chi connectivity index (χ0) is 30.7. The van der Waals surface area contributed by atoms with Crippen molar-refractivity contribution >= 4 is 8.32 Å². The Morgan fingerprint density at radius 2 is 1.57 bits per heavy atom. The van der Waals surface area contributed by atoms with Crippen LogP contribution in [0.4, 0.5) is 17.6 Å². The van der Waals surface area contributed by atoms with E-state index < -0.39 is 20.1 Å². The van der Waals surface area contributed by atoms with Gasteiger partial charge in [0.25, 0.3) is 0 Å². The molecule has 0 unspecified atom stereocenters. The van der Waals surface area contributed by atoms with E-state index in [1.165, 1.54) is 18.2 Å². The summed E-state index contributed by atoms with van der Waals surface area (Å²) in [4.78, 5) is 5.24. The van der Waals surface area contributed by atoms with Crippen molar-refractivity contribution in [1.29, 1.82) is 0 Å². The van der Waals surface area contributed by atoms with Gasteiger partial charge in [0.15, 0.2) is 8.32 Å². The molecule has 1 aliphatic rings. The fourth-order valence-corrected chi connectivity index (χ4v) is 6.35. The number of alkyl halides is 3. The van der Waals surface area contributed by atoms with Crippen LogP contribution in [0, 0.1) is 5.82 Å². The van der Waals surface area contributed by atoms with Crippen LogP contribution in [-0.4, -0.2) is 13.3 Å². The third kappa shape index (κ3) is 7.50. The van der Waals surface area contributed by atoms with Crippen LogP contribution < -0.4 is 0 Å². The molecule has 0 saturated heterocycles. The lowest BCUT2D eigenvalue weighted by Gasteiger charge is -2.36. The van der Waals surface area contributed by atoms with E-state index in [4.69, 9.17) is 14.1 Å². The lowest BCUT2D eigenvalue weighted by atomic mass is 9.88. The van der Waals surface area contributed by atoms with Crippen molar-refractivity contribution in [3.8, 4) is 11.1 Å². The molecule has 3 aromatic rings. The van der Waals surface area contributed by atoms with Crippen LogP contribution in [-0.2, 0) is 41.6 Å². The average Bonchev–Trinajstić information content (AvgIpc) is 3.46. The number of aryl methyl sites for hydroxylation is 1. The standard InChI is InChI=1S/C34H43F4NO2Si/c1-7-30-28(22-41-42(5,6)33(2,3)4)31(24-15-17-27(35)18-16-24)29(32(39-30)25-12-8-9-13-25)21-40-20-23-11-10-14-26(19-23)34(36,37)38/h10-11,14-19,25H,7-9,12-13,20-22H2,1-6H3. The second-order valence-corrected chi connectivity index (χ2v) is 17.7. The first-order valence-electron chi connectivity index (χ1n) is 14.9. The maximum Gasteiger partial charge on any atom is 0.416 e. The largest absolute Gasteiger partial charge is 0.416 e. The van der Waals surface area contributed by atoms with Crippen LogP contribution >= 0.6 is 0 Å². The van der Waals surface area contributed by atoms with Crippen molar-refractivity contribution in [2.24, 2.45) is 0 Å². The first-order chi connectivity index (χ1) is 19.7. The number of nitrogens with zero attached hydrogens (tertiary/aromatic N) is 1. The summed E-state index contributed by atoms with van der Waals surface area (Å²) in [5.74, 6) is -0.0435. The molecule has 0 radical (unpaired) electrons. The van der Waals surface area contributed by atoms with E-state index in [-0.39, 0.29) is 30.0 Å². The summed E-state index contributed by atoms with van der Waals surface area (Å²) in [7, 11) is -2.11. The fourth-order valence-electron chi connectivity index (χ4n) is 5.41. The van der Waals surface area contributed by atoms with Gasteiger partial charge in [-0.2, -0.15) is 13.2 Å². The van der Waals surface area contributed by atoms with Gasteiger partial charge in [0.05, 0.1) is 25.4 Å². The Morgan fingerprint density at radius 3 is 2.17 bits per heavy atom. The molecule has 1 saturated carbocycles. The molecule has 0 bridgehead atoms. The zero-order valence-electron chi connectivity index (χ0n) is 25.6. The molecule has 1 heterocycles. The van der Waals surface area contributed by atoms with Gasteiger partial charge >= 0.3 is 6.18 Å². The monoisotopic (exact) mass is 601 g/mol. The van der Waals surface area contributed by atoms with E-state index in [0.717, 1.165) is 77.9 Å². The quantitative estimate of drug-likeness (QED) is 0.171. The van der Waals surface area contributed by atoms with Crippen LogP contribution in [0.2, 0.25) is 18.1 Å². The number of aromatic nitrogens is 1. The summed E-state index contributed by atoms with van der Waals surface area (Å²) in [5, 5.41) is 0.0174. The minimum Gasteiger partial charge on any atom is -0.412 e. The predicted octanol–water partition coefficient (Wildman–Crippen LogP) is 10.4. The van der Waals surface area contributed by atoms with Gasteiger partial charge in [0.2, 0.25) is 0 Å². The van der Waals surface area contributed by atoms with Crippen molar-refractivity contribution < 1.29 is 26.7 Å². The summed E-state index contributed by atoms with van der Waals surface area (Å²) in [6, 6.07) is 11.7. The number of halogens is 4. The van der Waals surface area contributed by atoms with Crippen LogP contribution in [0.1, 0.15) is 92.9 Å². The number of pyridine rings is 1. The van der Waals surface area contributed by atoms with Gasteiger partial charge in [-0.1, -0.05) is 64.8 Å². The average molecular weight is 602 g/mol. The van der Waals surface area contributed by atoms with E-state index in [9.17, 15) is 17.6 Å². The third-order valence-electron chi connectivity index (χ3n) is 8.88. The normalized spacial score (nSPS) is 15.0. The summed E-state index contributed by atoms with van der Waals surface area (Å²) >= 11 is 0. The van der Waals surface area contributed by atoms with Crippen LogP contribution in [0.15, 0.2) is 48.5 Å². The maximum absolute atomic E-state index is 14.1. The van der Waals surface area contributed by atoms with E-state index in [1.54, 1.807) is 18.2 Å². The van der Waals surface area contributed by atoms with Gasteiger partial charge in [-0.25, -0.2) is 4.39 Å². The molecule has 4 rings (SSSR count). The maximum atomic E-state index is 14.1. The van der Waals surface area contributed by atoms with Gasteiger partial charge in [-0.15, -0.1) is 0 Å². The molecule has 2 aromatic carbocycles. The van der Waals surface area contributed by atoms with Crippen molar-refractivity contribution in [2.45, 2.75) is 110 Å². The summed E-state index contributed by atoms with van der Waals surface area (Å²) in [6.07, 6.45) is 0.607. The van der Waals surface area contributed by atoms with E-state index >= 15 is 0 Å². The first kappa shape index (κ1) is 32.4. The van der Waals surface area contributed by atoms with Crippen molar-refractivity contribution in [3.63, 3.8) is 0 Å². The smallest absolute Gasteiger partial charge is 0.412 e. The summed E-state index contributed by atoms with van der Waals surface area (Å²) in [5.41, 5.74) is 5.43. The summed E-state index contributed by atoms with van der Waals surface area (Å²) < 4.78 is 66.9. The van der Waals surface area contributed by atoms with E-state index in [2.05, 4.69) is 40.8 Å². The van der Waals surface area contributed by atoms with Gasteiger partial charge < -0.3 is 9.16 Å². The molecule has 3 nitrogen and oxygen atoms in total. The predicted molar refractivity (Wildman–Crippen MR) is 162 cm³/mol. The van der Waals surface area contributed by atoms with Gasteiger partial charge in [0.1, 0.15) is 5.82 Å². The molecule has 1 fully saturated rings. The highest BCUT2D eigenvalue weighted by molar-refractivity contribution is 6.74. The molecule has 0 aliphatic heterocycles. The van der Waals surface area contributed by atoms with Crippen molar-refractivity contribution in [1.82, 2.24) is 4.98 Å². The Hall–Kier alpha value is -2.55.